The predicted octanol–water partition coefficient (Wildman–Crippen LogP) is 10.8. The standard InChI is InChI=1S/C40H76NO9P/c1-3-5-7-9-11-13-15-16-17-18-19-20-21-22-23-25-27-29-31-33-47-34-37(35-48-51(45,46)49-36-38(41)40(43)44)50-39(42)32-30-28-26-24-14-12-10-8-6-4-2/h8,10,17-18,37-38H,3-7,9,11-16,19-36,41H2,1-2H3,(H,43,44)(H,45,46)/b10-8-,18-17-. The molecule has 4 N–H and O–H groups in total. The number of carboxylic acids is 1. The maximum absolute atomic E-state index is 12.5. The van der Waals surface area contributed by atoms with Gasteiger partial charge in [0.15, 0.2) is 0 Å². The summed E-state index contributed by atoms with van der Waals surface area (Å²) in [4.78, 5) is 33.4. The van der Waals surface area contributed by atoms with E-state index < -0.39 is 45.1 Å². The first-order chi connectivity index (χ1) is 24.7. The van der Waals surface area contributed by atoms with Crippen molar-refractivity contribution in [3.63, 3.8) is 0 Å². The minimum Gasteiger partial charge on any atom is -0.480 e. The van der Waals surface area contributed by atoms with E-state index in [0.717, 1.165) is 57.8 Å². The van der Waals surface area contributed by atoms with Crippen LogP contribution in [0.3, 0.4) is 0 Å². The first-order valence-corrected chi connectivity index (χ1v) is 21.9. The molecule has 0 saturated carbocycles. The number of phosphoric ester groups is 1. The molecule has 0 rings (SSSR count). The Labute approximate surface area is 311 Å². The molecule has 51 heavy (non-hydrogen) atoms. The molecule has 3 atom stereocenters. The molecule has 3 unspecified atom stereocenters. The monoisotopic (exact) mass is 746 g/mol. The molecule has 0 aliphatic carbocycles. The highest BCUT2D eigenvalue weighted by atomic mass is 31.2. The zero-order valence-electron chi connectivity index (χ0n) is 32.5. The van der Waals surface area contributed by atoms with Crippen molar-refractivity contribution in [1.82, 2.24) is 0 Å². The van der Waals surface area contributed by atoms with Gasteiger partial charge in [-0.3, -0.25) is 18.6 Å². The number of carbonyl (C=O) groups excluding carboxylic acids is 1. The van der Waals surface area contributed by atoms with Gasteiger partial charge >= 0.3 is 19.8 Å². The Kier molecular flexibility index (Phi) is 35.7. The molecule has 0 spiro atoms. The number of hydrogen-bond acceptors (Lipinski definition) is 8. The number of phosphoric acid groups is 1. The number of allylic oxidation sites excluding steroid dienone is 4. The van der Waals surface area contributed by atoms with Crippen LogP contribution in [-0.4, -0.2) is 60.5 Å². The van der Waals surface area contributed by atoms with Gasteiger partial charge in [-0.2, -0.15) is 0 Å². The van der Waals surface area contributed by atoms with Crippen LogP contribution in [0.4, 0.5) is 0 Å². The smallest absolute Gasteiger partial charge is 0.472 e. The molecule has 0 bridgehead atoms. The summed E-state index contributed by atoms with van der Waals surface area (Å²) in [6, 6.07) is -1.47. The van der Waals surface area contributed by atoms with Crippen LogP contribution in [0.1, 0.15) is 181 Å². The fourth-order valence-electron chi connectivity index (χ4n) is 5.48. The molecule has 0 aromatic rings. The van der Waals surface area contributed by atoms with Gasteiger partial charge in [0.05, 0.1) is 19.8 Å². The second kappa shape index (κ2) is 36.8. The highest BCUT2D eigenvalue weighted by Crippen LogP contribution is 2.43. The van der Waals surface area contributed by atoms with Crippen LogP contribution < -0.4 is 5.73 Å². The molecule has 0 aliphatic rings. The highest BCUT2D eigenvalue weighted by Gasteiger charge is 2.27. The lowest BCUT2D eigenvalue weighted by molar-refractivity contribution is -0.154. The van der Waals surface area contributed by atoms with Gasteiger partial charge in [0.25, 0.3) is 0 Å². The summed E-state index contributed by atoms with van der Waals surface area (Å²) >= 11 is 0. The molecular weight excluding hydrogens is 669 g/mol. The molecule has 0 heterocycles. The molecule has 0 aromatic heterocycles. The van der Waals surface area contributed by atoms with Crippen LogP contribution >= 0.6 is 7.82 Å². The van der Waals surface area contributed by atoms with E-state index in [1.165, 1.54) is 96.3 Å². The minimum absolute atomic E-state index is 0.0133. The molecule has 10 nitrogen and oxygen atoms in total. The number of ether oxygens (including phenoxy) is 2. The normalized spacial score (nSPS) is 14.3. The van der Waals surface area contributed by atoms with E-state index in [1.54, 1.807) is 0 Å². The van der Waals surface area contributed by atoms with Gasteiger partial charge in [0.2, 0.25) is 0 Å². The largest absolute Gasteiger partial charge is 0.480 e. The highest BCUT2D eigenvalue weighted by molar-refractivity contribution is 7.47. The van der Waals surface area contributed by atoms with Gasteiger partial charge in [-0.05, 0) is 57.8 Å². The van der Waals surface area contributed by atoms with E-state index in [1.807, 2.05) is 0 Å². The third-order valence-electron chi connectivity index (χ3n) is 8.68. The fourth-order valence-corrected chi connectivity index (χ4v) is 6.26. The number of nitrogens with two attached hydrogens (primary N) is 1. The molecular formula is C40H76NO9P. The van der Waals surface area contributed by atoms with Gasteiger partial charge < -0.3 is 25.2 Å². The lowest BCUT2D eigenvalue weighted by Crippen LogP contribution is -2.34. The maximum Gasteiger partial charge on any atom is 0.472 e. The topological polar surface area (TPSA) is 155 Å². The van der Waals surface area contributed by atoms with Crippen molar-refractivity contribution in [1.29, 1.82) is 0 Å². The van der Waals surface area contributed by atoms with Crippen LogP contribution in [0.2, 0.25) is 0 Å². The zero-order valence-corrected chi connectivity index (χ0v) is 33.3. The Morgan fingerprint density at radius 3 is 1.57 bits per heavy atom. The van der Waals surface area contributed by atoms with E-state index in [2.05, 4.69) is 38.2 Å². The average molecular weight is 746 g/mol. The van der Waals surface area contributed by atoms with Gasteiger partial charge in [0.1, 0.15) is 12.1 Å². The molecule has 0 saturated heterocycles. The Bertz CT molecular complexity index is 914. The number of carboxylic acid groups (broad SMARTS) is 1. The molecule has 0 aromatic carbocycles. The van der Waals surface area contributed by atoms with Crippen LogP contribution in [0, 0.1) is 0 Å². The number of carbonyl (C=O) groups is 2. The Hall–Kier alpha value is -1.55. The van der Waals surface area contributed by atoms with Crippen LogP contribution in [0.5, 0.6) is 0 Å². The quantitative estimate of drug-likeness (QED) is 0.0240. The van der Waals surface area contributed by atoms with E-state index >= 15 is 0 Å². The summed E-state index contributed by atoms with van der Waals surface area (Å²) in [6.07, 6.45) is 38.1. The fraction of sp³-hybridized carbons (Fsp3) is 0.850. The van der Waals surface area contributed by atoms with Crippen molar-refractivity contribution >= 4 is 19.8 Å². The number of aliphatic carboxylic acids is 1. The molecule has 0 aliphatic heterocycles. The lowest BCUT2D eigenvalue weighted by Gasteiger charge is -2.20. The van der Waals surface area contributed by atoms with E-state index in [0.29, 0.717) is 13.0 Å². The van der Waals surface area contributed by atoms with Gasteiger partial charge in [-0.1, -0.05) is 141 Å². The van der Waals surface area contributed by atoms with Gasteiger partial charge in [-0.15, -0.1) is 0 Å². The number of esters is 1. The average Bonchev–Trinajstić information content (AvgIpc) is 3.10. The van der Waals surface area contributed by atoms with Crippen LogP contribution in [-0.2, 0) is 32.7 Å². The zero-order chi connectivity index (χ0) is 37.7. The summed E-state index contributed by atoms with van der Waals surface area (Å²) in [5.41, 5.74) is 5.34. The van der Waals surface area contributed by atoms with Crippen molar-refractivity contribution < 1.29 is 42.7 Å². The Morgan fingerprint density at radius 1 is 0.608 bits per heavy atom. The molecule has 0 fully saturated rings. The van der Waals surface area contributed by atoms with E-state index in [9.17, 15) is 19.0 Å². The molecule has 300 valence electrons. The van der Waals surface area contributed by atoms with Gasteiger partial charge in [-0.25, -0.2) is 4.57 Å². The van der Waals surface area contributed by atoms with Gasteiger partial charge in [0, 0.05) is 13.0 Å². The van der Waals surface area contributed by atoms with Crippen molar-refractivity contribution in [2.75, 3.05) is 26.4 Å². The summed E-state index contributed by atoms with van der Waals surface area (Å²) in [5, 5.41) is 8.87. The second-order valence-corrected chi connectivity index (χ2v) is 15.2. The van der Waals surface area contributed by atoms with Crippen molar-refractivity contribution in [2.24, 2.45) is 5.73 Å². The third-order valence-corrected chi connectivity index (χ3v) is 9.63. The van der Waals surface area contributed by atoms with Crippen molar-refractivity contribution in [3.05, 3.63) is 24.3 Å². The van der Waals surface area contributed by atoms with Crippen molar-refractivity contribution in [3.8, 4) is 0 Å². The van der Waals surface area contributed by atoms with Crippen LogP contribution in [0.15, 0.2) is 24.3 Å². The van der Waals surface area contributed by atoms with E-state index in [4.69, 9.17) is 29.4 Å². The maximum atomic E-state index is 12.5. The second-order valence-electron chi connectivity index (χ2n) is 13.8. The first-order valence-electron chi connectivity index (χ1n) is 20.4. The molecule has 0 amide bonds. The lowest BCUT2D eigenvalue weighted by atomic mass is 10.1. The summed E-state index contributed by atoms with van der Waals surface area (Å²) in [7, 11) is -4.61. The predicted molar refractivity (Wildman–Crippen MR) is 208 cm³/mol. The molecule has 11 heteroatoms. The number of unbranched alkanes of at least 4 members (excludes halogenated alkanes) is 21. The summed E-state index contributed by atoms with van der Waals surface area (Å²) < 4.78 is 33.2. The van der Waals surface area contributed by atoms with E-state index in [-0.39, 0.29) is 13.0 Å². The third kappa shape index (κ3) is 36.6. The first kappa shape index (κ1) is 49.5. The summed E-state index contributed by atoms with van der Waals surface area (Å²) in [5.74, 6) is -1.79. The van der Waals surface area contributed by atoms with Crippen LogP contribution in [0.25, 0.3) is 0 Å². The number of rotatable bonds is 39. The van der Waals surface area contributed by atoms with Crippen molar-refractivity contribution in [2.45, 2.75) is 193 Å². The molecule has 0 radical (unpaired) electrons. The number of hydrogen-bond donors (Lipinski definition) is 3. The Balaban J connectivity index is 4.19. The minimum atomic E-state index is -4.61. The summed E-state index contributed by atoms with van der Waals surface area (Å²) in [6.45, 7) is 3.80. The SMILES string of the molecule is CCC/C=C\CCCCCCCC(=O)OC(COCCCCCCCCCC/C=C\CCCCCCCCC)COP(=O)(O)OCC(N)C(=O)O. The Morgan fingerprint density at radius 2 is 1.06 bits per heavy atom.